The summed E-state index contributed by atoms with van der Waals surface area (Å²) < 4.78 is 6.75. The maximum atomic E-state index is 12.7. The summed E-state index contributed by atoms with van der Waals surface area (Å²) in [6, 6.07) is 0.211. The van der Waals surface area contributed by atoms with E-state index < -0.39 is 0 Å². The number of carbonyl (C=O) groups is 2. The minimum absolute atomic E-state index is 0.0156. The van der Waals surface area contributed by atoms with Crippen LogP contribution in [-0.2, 0) is 7.05 Å². The summed E-state index contributed by atoms with van der Waals surface area (Å²) in [5.74, 6) is 0.537. The van der Waals surface area contributed by atoms with Crippen LogP contribution in [0.5, 0.6) is 0 Å². The number of aromatic nitrogens is 3. The van der Waals surface area contributed by atoms with Crippen molar-refractivity contribution < 1.29 is 14.1 Å². The van der Waals surface area contributed by atoms with Gasteiger partial charge in [0.25, 0.3) is 11.8 Å². The van der Waals surface area contributed by atoms with Crippen molar-refractivity contribution in [3.63, 3.8) is 0 Å². The number of nitrogens with one attached hydrogen (secondary N) is 1. The van der Waals surface area contributed by atoms with Gasteiger partial charge < -0.3 is 14.7 Å². The lowest BCUT2D eigenvalue weighted by Gasteiger charge is -2.52. The molecule has 0 aromatic carbocycles. The largest absolute Gasteiger partial charge is 0.361 e. The first kappa shape index (κ1) is 17.8. The lowest BCUT2D eigenvalue weighted by Crippen LogP contribution is -2.55. The Labute approximate surface area is 157 Å². The fourth-order valence-corrected chi connectivity index (χ4v) is 4.43. The highest BCUT2D eigenvalue weighted by atomic mass is 16.5. The van der Waals surface area contributed by atoms with Gasteiger partial charge in [0, 0.05) is 32.4 Å². The molecular weight excluding hydrogens is 346 g/mol. The predicted octanol–water partition coefficient (Wildman–Crippen LogP) is 1.84. The van der Waals surface area contributed by atoms with Crippen LogP contribution >= 0.6 is 0 Å². The number of hydrogen-bond donors (Lipinski definition) is 1. The SMILES string of the molecule is Cc1noc(C)c1C(=O)N1CCC2(CC1)CC(NC(=O)c1cnn(C)c1)C2. The molecule has 8 nitrogen and oxygen atoms in total. The van der Waals surface area contributed by atoms with Crippen molar-refractivity contribution in [1.29, 1.82) is 0 Å². The standard InChI is InChI=1S/C19H25N5O3/c1-12-16(13(2)27-22-12)18(26)24-6-4-19(5-7-24)8-15(9-19)21-17(25)14-10-20-23(3)11-14/h10-11,15H,4-9H2,1-3H3,(H,21,25). The minimum atomic E-state index is -0.0611. The van der Waals surface area contributed by atoms with Crippen LogP contribution in [0.4, 0.5) is 0 Å². The summed E-state index contributed by atoms with van der Waals surface area (Å²) in [5.41, 5.74) is 2.10. The molecule has 0 bridgehead atoms. The molecule has 2 aromatic rings. The van der Waals surface area contributed by atoms with Gasteiger partial charge in [0.2, 0.25) is 0 Å². The van der Waals surface area contributed by atoms with Crippen molar-refractivity contribution in [3.05, 3.63) is 35.0 Å². The molecule has 27 heavy (non-hydrogen) atoms. The Kier molecular flexibility index (Phi) is 4.28. The molecule has 2 amide bonds. The van der Waals surface area contributed by atoms with Crippen LogP contribution in [0.25, 0.3) is 0 Å². The maximum Gasteiger partial charge on any atom is 0.259 e. The van der Waals surface area contributed by atoms with Gasteiger partial charge in [-0.25, -0.2) is 0 Å². The Morgan fingerprint density at radius 2 is 1.96 bits per heavy atom. The van der Waals surface area contributed by atoms with Gasteiger partial charge in [0.15, 0.2) is 0 Å². The topological polar surface area (TPSA) is 93.3 Å². The first-order chi connectivity index (χ1) is 12.9. The monoisotopic (exact) mass is 371 g/mol. The molecule has 1 aliphatic carbocycles. The van der Waals surface area contributed by atoms with E-state index in [1.165, 1.54) is 0 Å². The highest BCUT2D eigenvalue weighted by Gasteiger charge is 2.47. The van der Waals surface area contributed by atoms with Crippen LogP contribution in [0.3, 0.4) is 0 Å². The Bertz CT molecular complexity index is 848. The van der Waals surface area contributed by atoms with E-state index in [9.17, 15) is 9.59 Å². The van der Waals surface area contributed by atoms with Gasteiger partial charge in [-0.2, -0.15) is 5.10 Å². The van der Waals surface area contributed by atoms with E-state index in [1.807, 2.05) is 4.90 Å². The molecule has 0 radical (unpaired) electrons. The Morgan fingerprint density at radius 3 is 2.52 bits per heavy atom. The van der Waals surface area contributed by atoms with E-state index in [0.717, 1.165) is 38.8 Å². The van der Waals surface area contributed by atoms with Crippen molar-refractivity contribution in [2.75, 3.05) is 13.1 Å². The van der Waals surface area contributed by atoms with E-state index in [0.29, 0.717) is 22.6 Å². The molecule has 1 saturated carbocycles. The van der Waals surface area contributed by atoms with E-state index in [4.69, 9.17) is 4.52 Å². The zero-order valence-electron chi connectivity index (χ0n) is 16.0. The van der Waals surface area contributed by atoms with Crippen molar-refractivity contribution in [2.45, 2.75) is 45.6 Å². The average Bonchev–Trinajstić information content (AvgIpc) is 3.19. The van der Waals surface area contributed by atoms with Crippen molar-refractivity contribution in [3.8, 4) is 0 Å². The zero-order valence-corrected chi connectivity index (χ0v) is 16.0. The normalized spacial score (nSPS) is 19.1. The molecule has 1 saturated heterocycles. The number of amides is 2. The second kappa shape index (κ2) is 6.51. The van der Waals surface area contributed by atoms with Gasteiger partial charge in [-0.15, -0.1) is 0 Å². The molecular formula is C19H25N5O3. The van der Waals surface area contributed by atoms with Crippen LogP contribution in [0.2, 0.25) is 0 Å². The predicted molar refractivity (Wildman–Crippen MR) is 97.2 cm³/mol. The summed E-state index contributed by atoms with van der Waals surface area (Å²) in [6.07, 6.45) is 7.21. The summed E-state index contributed by atoms with van der Waals surface area (Å²) in [4.78, 5) is 26.9. The highest BCUT2D eigenvalue weighted by molar-refractivity contribution is 5.96. The quantitative estimate of drug-likeness (QED) is 0.889. The van der Waals surface area contributed by atoms with Crippen molar-refractivity contribution >= 4 is 11.8 Å². The molecule has 8 heteroatoms. The van der Waals surface area contributed by atoms with Crippen LogP contribution in [0, 0.1) is 19.3 Å². The summed E-state index contributed by atoms with van der Waals surface area (Å²) in [7, 11) is 1.80. The van der Waals surface area contributed by atoms with Gasteiger partial charge in [0.1, 0.15) is 11.3 Å². The lowest BCUT2D eigenvalue weighted by atomic mass is 9.60. The fourth-order valence-electron chi connectivity index (χ4n) is 4.43. The Morgan fingerprint density at radius 1 is 1.26 bits per heavy atom. The van der Waals surface area contributed by atoms with E-state index in [-0.39, 0.29) is 23.3 Å². The number of carbonyl (C=O) groups excluding carboxylic acids is 2. The summed E-state index contributed by atoms with van der Waals surface area (Å²) >= 11 is 0. The number of aryl methyl sites for hydroxylation is 3. The second-order valence-corrected chi connectivity index (χ2v) is 7.97. The molecule has 1 spiro atoms. The summed E-state index contributed by atoms with van der Waals surface area (Å²) in [5, 5.41) is 11.0. The minimum Gasteiger partial charge on any atom is -0.361 e. The number of likely N-dealkylation sites (tertiary alicyclic amines) is 1. The molecule has 4 rings (SSSR count). The third kappa shape index (κ3) is 3.24. The van der Waals surface area contributed by atoms with Crippen molar-refractivity contribution in [2.24, 2.45) is 12.5 Å². The number of rotatable bonds is 3. The Hall–Kier alpha value is -2.64. The molecule has 0 atom stereocenters. The fraction of sp³-hybridized carbons (Fsp3) is 0.579. The van der Waals surface area contributed by atoms with Gasteiger partial charge in [-0.1, -0.05) is 5.16 Å². The highest BCUT2D eigenvalue weighted by Crippen LogP contribution is 2.49. The van der Waals surface area contributed by atoms with Gasteiger partial charge in [-0.3, -0.25) is 14.3 Å². The smallest absolute Gasteiger partial charge is 0.259 e. The van der Waals surface area contributed by atoms with Crippen LogP contribution in [0.15, 0.2) is 16.9 Å². The Balaban J connectivity index is 1.29. The first-order valence-electron chi connectivity index (χ1n) is 9.38. The third-order valence-corrected chi connectivity index (χ3v) is 6.02. The molecule has 144 valence electrons. The molecule has 1 aliphatic heterocycles. The van der Waals surface area contributed by atoms with E-state index in [2.05, 4.69) is 15.6 Å². The maximum absolute atomic E-state index is 12.7. The van der Waals surface area contributed by atoms with Gasteiger partial charge >= 0.3 is 0 Å². The number of nitrogens with zero attached hydrogens (tertiary/aromatic N) is 4. The molecule has 3 heterocycles. The van der Waals surface area contributed by atoms with Crippen LogP contribution in [0.1, 0.15) is 57.9 Å². The lowest BCUT2D eigenvalue weighted by molar-refractivity contribution is 0.00857. The van der Waals surface area contributed by atoms with Crippen LogP contribution in [-0.4, -0.2) is 50.8 Å². The average molecular weight is 371 g/mol. The number of hydrogen-bond acceptors (Lipinski definition) is 5. The molecule has 1 N–H and O–H groups in total. The molecule has 2 aromatic heterocycles. The molecule has 2 fully saturated rings. The zero-order chi connectivity index (χ0) is 19.2. The van der Waals surface area contributed by atoms with E-state index >= 15 is 0 Å². The van der Waals surface area contributed by atoms with Gasteiger partial charge in [0.05, 0.1) is 17.5 Å². The second-order valence-electron chi connectivity index (χ2n) is 7.97. The summed E-state index contributed by atoms with van der Waals surface area (Å²) in [6.45, 7) is 5.06. The van der Waals surface area contributed by atoms with E-state index in [1.54, 1.807) is 38.0 Å². The van der Waals surface area contributed by atoms with Gasteiger partial charge in [-0.05, 0) is 44.9 Å². The van der Waals surface area contributed by atoms with Crippen LogP contribution < -0.4 is 5.32 Å². The third-order valence-electron chi connectivity index (χ3n) is 6.02. The molecule has 2 aliphatic rings. The first-order valence-corrected chi connectivity index (χ1v) is 9.38. The number of piperidine rings is 1. The molecule has 0 unspecified atom stereocenters. The van der Waals surface area contributed by atoms with Crippen molar-refractivity contribution in [1.82, 2.24) is 25.2 Å².